The third kappa shape index (κ3) is 4.18. The summed E-state index contributed by atoms with van der Waals surface area (Å²) in [6.45, 7) is 3.85. The maximum atomic E-state index is 8.89. The van der Waals surface area contributed by atoms with Crippen molar-refractivity contribution in [1.82, 2.24) is 0 Å². The Hall–Kier alpha value is 0.177. The van der Waals surface area contributed by atoms with Crippen LogP contribution < -0.4 is 0 Å². The van der Waals surface area contributed by atoms with Gasteiger partial charge in [-0.3, -0.25) is 0 Å². The largest absolute Gasteiger partial charge is 0.395 e. The number of rotatable bonds is 1. The van der Waals surface area contributed by atoms with Crippen LogP contribution in [0, 0.1) is 0 Å². The summed E-state index contributed by atoms with van der Waals surface area (Å²) in [5.74, 6) is 0. The Morgan fingerprint density at radius 2 is 2.00 bits per heavy atom. The summed E-state index contributed by atoms with van der Waals surface area (Å²) in [7, 11) is 0.884. The van der Waals surface area contributed by atoms with E-state index in [2.05, 4.69) is 0 Å². The summed E-state index contributed by atoms with van der Waals surface area (Å²) in [5.41, 5.74) is 0. The highest BCUT2D eigenvalue weighted by Crippen LogP contribution is 1.98. The molecule has 0 aromatic heterocycles. The predicted molar refractivity (Wildman–Crippen MR) is 30.9 cm³/mol. The normalized spacial score (nSPS) is 20.5. The average Bonchev–Trinajstić information content (AvgIpc) is 1.35. The lowest BCUT2D eigenvalue weighted by Gasteiger charge is -2.11. The fourth-order valence-electron chi connectivity index (χ4n) is 0. The maximum Gasteiger partial charge on any atom is 0.0424 e. The summed E-state index contributed by atoms with van der Waals surface area (Å²) in [6, 6.07) is 0. The van der Waals surface area contributed by atoms with Gasteiger partial charge in [-0.1, -0.05) is 6.92 Å². The van der Waals surface area contributed by atoms with E-state index in [-0.39, 0.29) is 5.22 Å². The Bertz CT molecular complexity index is 37.3. The van der Waals surface area contributed by atoms with E-state index < -0.39 is 0 Å². The van der Waals surface area contributed by atoms with Crippen molar-refractivity contribution in [2.45, 2.75) is 25.5 Å². The van der Waals surface area contributed by atoms with Crippen molar-refractivity contribution in [3.05, 3.63) is 0 Å². The molecule has 0 rings (SSSR count). The minimum atomic E-state index is -0.319. The summed E-state index contributed by atoms with van der Waals surface area (Å²) < 4.78 is 0. The van der Waals surface area contributed by atoms with Crippen LogP contribution in [-0.4, -0.2) is 20.6 Å². The molecule has 0 aliphatic carbocycles. The van der Waals surface area contributed by atoms with E-state index in [4.69, 9.17) is 5.11 Å². The Kier molecular flexibility index (Phi) is 1.81. The fraction of sp³-hybridized carbons (Fsp3) is 1.00. The molecule has 0 aliphatic rings. The third-order valence-corrected chi connectivity index (χ3v) is 1.57. The molecule has 0 bridgehead atoms. The van der Waals surface area contributed by atoms with Gasteiger partial charge in [-0.05, 0) is 13.3 Å². The molecule has 0 saturated carbocycles. The van der Waals surface area contributed by atoms with E-state index in [1.807, 2.05) is 13.8 Å². The monoisotopic (exact) mass is 104 g/mol. The zero-order valence-corrected chi connectivity index (χ0v) is 6.65. The minimum Gasteiger partial charge on any atom is -0.395 e. The van der Waals surface area contributed by atoms with Crippen LogP contribution in [-0.2, 0) is 0 Å². The Labute approximate surface area is 41.8 Å². The quantitative estimate of drug-likeness (QED) is 0.443. The molecule has 0 spiro atoms. The molecule has 0 heterocycles. The Balaban J connectivity index is 3.17. The molecular formula is C4H12OSi. The van der Waals surface area contributed by atoms with Crippen LogP contribution >= 0.6 is 0 Å². The predicted octanol–water partition coefficient (Wildman–Crippen LogP) is -0.530. The van der Waals surface area contributed by atoms with Gasteiger partial charge >= 0.3 is 0 Å². The minimum absolute atomic E-state index is 0.319. The molecule has 1 unspecified atom stereocenters. The van der Waals surface area contributed by atoms with Crippen molar-refractivity contribution >= 4 is 10.2 Å². The molecule has 6 heavy (non-hydrogen) atoms. The first-order chi connectivity index (χ1) is 2.56. The van der Waals surface area contributed by atoms with E-state index >= 15 is 0 Å². The van der Waals surface area contributed by atoms with Gasteiger partial charge in [0.05, 0.1) is 0 Å². The second-order valence-corrected chi connectivity index (χ2v) is 4.32. The second-order valence-electron chi connectivity index (χ2n) is 2.17. The van der Waals surface area contributed by atoms with Gasteiger partial charge in [0.15, 0.2) is 0 Å². The van der Waals surface area contributed by atoms with Crippen LogP contribution in [0.5, 0.6) is 0 Å². The van der Waals surface area contributed by atoms with Gasteiger partial charge in [-0.25, -0.2) is 0 Å². The van der Waals surface area contributed by atoms with E-state index in [0.29, 0.717) is 0 Å². The zero-order chi connectivity index (χ0) is 5.21. The molecule has 2 heteroatoms. The third-order valence-electron chi connectivity index (χ3n) is 0.865. The summed E-state index contributed by atoms with van der Waals surface area (Å²) in [4.78, 5) is 0. The molecule has 1 atom stereocenters. The first-order valence-corrected chi connectivity index (χ1v) is 3.28. The highest BCUT2D eigenvalue weighted by Gasteiger charge is 2.05. The zero-order valence-electron chi connectivity index (χ0n) is 4.65. The number of aliphatic hydroxyl groups is 1. The summed E-state index contributed by atoms with van der Waals surface area (Å²) in [5, 5.41) is 8.57. The van der Waals surface area contributed by atoms with Crippen molar-refractivity contribution in [3.8, 4) is 0 Å². The maximum absolute atomic E-state index is 8.89. The van der Waals surface area contributed by atoms with Crippen molar-refractivity contribution in [3.63, 3.8) is 0 Å². The molecule has 0 aliphatic heterocycles. The van der Waals surface area contributed by atoms with Crippen molar-refractivity contribution in [2.75, 3.05) is 0 Å². The van der Waals surface area contributed by atoms with Gasteiger partial charge in [-0.2, -0.15) is 0 Å². The molecule has 0 amide bonds. The van der Waals surface area contributed by atoms with Crippen LogP contribution in [0.2, 0.25) is 0 Å². The van der Waals surface area contributed by atoms with Crippen molar-refractivity contribution < 1.29 is 5.11 Å². The molecule has 0 fully saturated rings. The van der Waals surface area contributed by atoms with Gasteiger partial charge in [0.25, 0.3) is 0 Å². The summed E-state index contributed by atoms with van der Waals surface area (Å²) in [6.07, 6.45) is 0.888. The molecule has 1 nitrogen and oxygen atoms in total. The molecule has 1 N–H and O–H groups in total. The lowest BCUT2D eigenvalue weighted by molar-refractivity contribution is 0.144. The van der Waals surface area contributed by atoms with Gasteiger partial charge < -0.3 is 5.11 Å². The lowest BCUT2D eigenvalue weighted by atomic mass is 10.3. The average molecular weight is 104 g/mol. The van der Waals surface area contributed by atoms with Gasteiger partial charge in [0.1, 0.15) is 0 Å². The molecule has 0 aromatic rings. The second kappa shape index (κ2) is 1.75. The van der Waals surface area contributed by atoms with Crippen LogP contribution in [0.4, 0.5) is 0 Å². The highest BCUT2D eigenvalue weighted by atomic mass is 28.1. The van der Waals surface area contributed by atoms with Gasteiger partial charge in [0.2, 0.25) is 0 Å². The fourth-order valence-corrected chi connectivity index (χ4v) is 0. The molecule has 0 aromatic carbocycles. The first-order valence-electron chi connectivity index (χ1n) is 2.28. The van der Waals surface area contributed by atoms with Crippen LogP contribution in [0.15, 0.2) is 0 Å². The van der Waals surface area contributed by atoms with E-state index in [0.717, 1.165) is 16.7 Å². The van der Waals surface area contributed by atoms with Gasteiger partial charge in [-0.15, -0.1) is 0 Å². The molecule has 38 valence electrons. The standard InChI is InChI=1S/C4H12OSi/c1-3-4(2,5)6/h5H,3H2,1-2,6H3. The lowest BCUT2D eigenvalue weighted by Crippen LogP contribution is -2.21. The molecule has 0 saturated heterocycles. The van der Waals surface area contributed by atoms with Crippen LogP contribution in [0.1, 0.15) is 20.3 Å². The van der Waals surface area contributed by atoms with Crippen LogP contribution in [0.25, 0.3) is 0 Å². The smallest absolute Gasteiger partial charge is 0.0424 e. The van der Waals surface area contributed by atoms with Gasteiger partial charge in [0, 0.05) is 15.5 Å². The first kappa shape index (κ1) is 6.18. The number of hydrogen-bond acceptors (Lipinski definition) is 1. The SMILES string of the molecule is CCC(C)(O)[SiH3]. The van der Waals surface area contributed by atoms with Crippen molar-refractivity contribution in [2.24, 2.45) is 0 Å². The topological polar surface area (TPSA) is 20.2 Å². The highest BCUT2D eigenvalue weighted by molar-refractivity contribution is 6.13. The Morgan fingerprint density at radius 1 is 1.83 bits per heavy atom. The van der Waals surface area contributed by atoms with Crippen molar-refractivity contribution in [1.29, 1.82) is 0 Å². The molecular weight excluding hydrogens is 92.1 g/mol. The van der Waals surface area contributed by atoms with E-state index in [1.54, 1.807) is 0 Å². The molecule has 0 radical (unpaired) electrons. The Morgan fingerprint density at radius 3 is 2.00 bits per heavy atom. The van der Waals surface area contributed by atoms with E-state index in [9.17, 15) is 0 Å². The summed E-state index contributed by atoms with van der Waals surface area (Å²) >= 11 is 0. The van der Waals surface area contributed by atoms with E-state index in [1.165, 1.54) is 0 Å². The number of hydrogen-bond donors (Lipinski definition) is 1. The van der Waals surface area contributed by atoms with Crippen LogP contribution in [0.3, 0.4) is 0 Å².